The predicted octanol–water partition coefficient (Wildman–Crippen LogP) is 2.28. The molecule has 0 aromatic heterocycles. The second kappa shape index (κ2) is 4.95. The molecule has 1 aliphatic rings. The van der Waals surface area contributed by atoms with Crippen molar-refractivity contribution >= 4 is 11.6 Å². The molecular weight excluding hydrogens is 164 g/mol. The Kier molecular flexibility index (Phi) is 3.87. The molecule has 2 heteroatoms. The van der Waals surface area contributed by atoms with E-state index < -0.39 is 0 Å². The molecule has 0 spiro atoms. The fraction of sp³-hybridized carbons (Fsp3) is 0.636. The van der Waals surface area contributed by atoms with Gasteiger partial charge in [0, 0.05) is 18.8 Å². The van der Waals surface area contributed by atoms with E-state index in [4.69, 9.17) is 0 Å². The average Bonchev–Trinajstić information content (AvgIpc) is 2.11. The van der Waals surface area contributed by atoms with Gasteiger partial charge < -0.3 is 0 Å². The van der Waals surface area contributed by atoms with Crippen LogP contribution >= 0.6 is 0 Å². The van der Waals surface area contributed by atoms with Crippen LogP contribution in [0.5, 0.6) is 0 Å². The lowest BCUT2D eigenvalue weighted by Crippen LogP contribution is -2.11. The number of hydrogen-bond acceptors (Lipinski definition) is 2. The van der Waals surface area contributed by atoms with E-state index >= 15 is 0 Å². The van der Waals surface area contributed by atoms with Gasteiger partial charge in [-0.25, -0.2) is 0 Å². The lowest BCUT2D eigenvalue weighted by Gasteiger charge is -2.09. The number of Topliss-reactive ketones (excluding diaryl/α,β-unsaturated/α-hetero) is 1. The SMILES string of the molecule is CC1CCCC(=O)/C=C\CCC1=O. The summed E-state index contributed by atoms with van der Waals surface area (Å²) in [6, 6.07) is 0. The largest absolute Gasteiger partial charge is 0.299 e. The molecule has 72 valence electrons. The van der Waals surface area contributed by atoms with Crippen molar-refractivity contribution in [2.24, 2.45) is 5.92 Å². The maximum atomic E-state index is 11.4. The van der Waals surface area contributed by atoms with Gasteiger partial charge in [-0.15, -0.1) is 0 Å². The zero-order chi connectivity index (χ0) is 9.68. The van der Waals surface area contributed by atoms with E-state index in [0.29, 0.717) is 18.6 Å². The van der Waals surface area contributed by atoms with Crippen molar-refractivity contribution in [1.82, 2.24) is 0 Å². The van der Waals surface area contributed by atoms with Crippen molar-refractivity contribution in [1.29, 1.82) is 0 Å². The van der Waals surface area contributed by atoms with Gasteiger partial charge in [-0.3, -0.25) is 9.59 Å². The van der Waals surface area contributed by atoms with Crippen molar-refractivity contribution in [2.75, 3.05) is 0 Å². The molecule has 1 aliphatic carbocycles. The van der Waals surface area contributed by atoms with Crippen LogP contribution in [-0.2, 0) is 9.59 Å². The fourth-order valence-electron chi connectivity index (χ4n) is 1.51. The van der Waals surface area contributed by atoms with Crippen molar-refractivity contribution in [3.05, 3.63) is 12.2 Å². The van der Waals surface area contributed by atoms with E-state index in [9.17, 15) is 9.59 Å². The Hall–Kier alpha value is -0.920. The molecule has 0 N–H and O–H groups in total. The summed E-state index contributed by atoms with van der Waals surface area (Å²) in [4.78, 5) is 22.5. The summed E-state index contributed by atoms with van der Waals surface area (Å²) in [5.41, 5.74) is 0. The zero-order valence-electron chi connectivity index (χ0n) is 8.08. The Balaban J connectivity index is 2.54. The van der Waals surface area contributed by atoms with Gasteiger partial charge in [0.1, 0.15) is 5.78 Å². The highest BCUT2D eigenvalue weighted by molar-refractivity contribution is 5.90. The molecule has 0 aliphatic heterocycles. The normalized spacial score (nSPS) is 28.5. The van der Waals surface area contributed by atoms with E-state index in [-0.39, 0.29) is 11.7 Å². The Labute approximate surface area is 79.0 Å². The van der Waals surface area contributed by atoms with Crippen LogP contribution < -0.4 is 0 Å². The first-order chi connectivity index (χ1) is 6.20. The van der Waals surface area contributed by atoms with Gasteiger partial charge in [0.2, 0.25) is 0 Å². The first kappa shape index (κ1) is 10.2. The van der Waals surface area contributed by atoms with Crippen molar-refractivity contribution < 1.29 is 9.59 Å². The molecule has 0 aromatic carbocycles. The standard InChI is InChI=1S/C11H16O2/c1-9-5-4-7-10(12)6-2-3-8-11(9)13/h2,6,9H,3-5,7-8H2,1H3/b6-2-. The quantitative estimate of drug-likeness (QED) is 0.573. The van der Waals surface area contributed by atoms with E-state index in [1.807, 2.05) is 13.0 Å². The second-order valence-corrected chi connectivity index (χ2v) is 3.67. The summed E-state index contributed by atoms with van der Waals surface area (Å²) >= 11 is 0. The Morgan fingerprint density at radius 2 is 2.08 bits per heavy atom. The summed E-state index contributed by atoms with van der Waals surface area (Å²) in [6.45, 7) is 1.96. The van der Waals surface area contributed by atoms with E-state index in [0.717, 1.165) is 19.3 Å². The minimum absolute atomic E-state index is 0.138. The Morgan fingerprint density at radius 3 is 2.85 bits per heavy atom. The predicted molar refractivity (Wildman–Crippen MR) is 51.4 cm³/mol. The van der Waals surface area contributed by atoms with Gasteiger partial charge in [-0.2, -0.15) is 0 Å². The third kappa shape index (κ3) is 3.53. The van der Waals surface area contributed by atoms with E-state index in [2.05, 4.69) is 0 Å². The van der Waals surface area contributed by atoms with Crippen molar-refractivity contribution in [3.63, 3.8) is 0 Å². The monoisotopic (exact) mass is 180 g/mol. The maximum absolute atomic E-state index is 11.4. The van der Waals surface area contributed by atoms with E-state index in [1.165, 1.54) is 0 Å². The highest BCUT2D eigenvalue weighted by Gasteiger charge is 2.13. The van der Waals surface area contributed by atoms with Gasteiger partial charge >= 0.3 is 0 Å². The van der Waals surface area contributed by atoms with Crippen LogP contribution in [0.15, 0.2) is 12.2 Å². The molecule has 0 radical (unpaired) electrons. The Morgan fingerprint density at radius 1 is 1.31 bits per heavy atom. The van der Waals surface area contributed by atoms with Gasteiger partial charge in [-0.1, -0.05) is 13.0 Å². The Bertz CT molecular complexity index is 228. The molecule has 0 saturated carbocycles. The van der Waals surface area contributed by atoms with Gasteiger partial charge in [0.05, 0.1) is 0 Å². The summed E-state index contributed by atoms with van der Waals surface area (Å²) < 4.78 is 0. The summed E-state index contributed by atoms with van der Waals surface area (Å²) in [6.07, 6.45) is 7.03. The molecule has 1 atom stereocenters. The highest BCUT2D eigenvalue weighted by Crippen LogP contribution is 2.14. The molecule has 0 saturated heterocycles. The summed E-state index contributed by atoms with van der Waals surface area (Å²) in [5, 5.41) is 0. The first-order valence-corrected chi connectivity index (χ1v) is 4.92. The minimum Gasteiger partial charge on any atom is -0.299 e. The highest BCUT2D eigenvalue weighted by atomic mass is 16.1. The molecule has 1 unspecified atom stereocenters. The third-order valence-corrected chi connectivity index (χ3v) is 2.47. The van der Waals surface area contributed by atoms with Crippen molar-refractivity contribution in [3.8, 4) is 0 Å². The number of allylic oxidation sites excluding steroid dienone is 2. The smallest absolute Gasteiger partial charge is 0.155 e. The van der Waals surface area contributed by atoms with Gasteiger partial charge in [0.15, 0.2) is 5.78 Å². The molecule has 0 bridgehead atoms. The fourth-order valence-corrected chi connectivity index (χ4v) is 1.51. The van der Waals surface area contributed by atoms with Gasteiger partial charge in [0.25, 0.3) is 0 Å². The summed E-state index contributed by atoms with van der Waals surface area (Å²) in [5.74, 6) is 0.667. The number of rotatable bonds is 0. The average molecular weight is 180 g/mol. The molecule has 13 heavy (non-hydrogen) atoms. The maximum Gasteiger partial charge on any atom is 0.155 e. The number of hydrogen-bond donors (Lipinski definition) is 0. The number of carbonyl (C=O) groups is 2. The second-order valence-electron chi connectivity index (χ2n) is 3.67. The minimum atomic E-state index is 0.138. The van der Waals surface area contributed by atoms with Gasteiger partial charge in [-0.05, 0) is 25.3 Å². The number of carbonyl (C=O) groups excluding carboxylic acids is 2. The lowest BCUT2D eigenvalue weighted by molar-refractivity contribution is -0.123. The van der Waals surface area contributed by atoms with Crippen LogP contribution in [0.25, 0.3) is 0 Å². The van der Waals surface area contributed by atoms with Crippen LogP contribution in [-0.4, -0.2) is 11.6 Å². The molecule has 1 rings (SSSR count). The van der Waals surface area contributed by atoms with Crippen LogP contribution in [0.1, 0.15) is 39.0 Å². The molecule has 2 nitrogen and oxygen atoms in total. The third-order valence-electron chi connectivity index (χ3n) is 2.47. The topological polar surface area (TPSA) is 34.1 Å². The molecule has 0 aromatic rings. The molecular formula is C11H16O2. The first-order valence-electron chi connectivity index (χ1n) is 4.92. The number of ketones is 2. The van der Waals surface area contributed by atoms with Crippen LogP contribution in [0.3, 0.4) is 0 Å². The molecule has 0 heterocycles. The lowest BCUT2D eigenvalue weighted by atomic mass is 9.94. The van der Waals surface area contributed by atoms with E-state index in [1.54, 1.807) is 6.08 Å². The van der Waals surface area contributed by atoms with Crippen LogP contribution in [0, 0.1) is 5.92 Å². The van der Waals surface area contributed by atoms with Crippen LogP contribution in [0.4, 0.5) is 0 Å². The zero-order valence-corrected chi connectivity index (χ0v) is 8.08. The summed E-state index contributed by atoms with van der Waals surface area (Å²) in [7, 11) is 0. The van der Waals surface area contributed by atoms with Crippen molar-refractivity contribution in [2.45, 2.75) is 39.0 Å². The van der Waals surface area contributed by atoms with Crippen LogP contribution in [0.2, 0.25) is 0 Å². The molecule has 0 fully saturated rings. The molecule has 0 amide bonds.